The van der Waals surface area contributed by atoms with Crippen molar-refractivity contribution in [3.05, 3.63) is 25.3 Å². The molecule has 0 amide bonds. The molecule has 2 nitrogen and oxygen atoms in total. The topological polar surface area (TPSA) is 0 Å². The van der Waals surface area contributed by atoms with Crippen LogP contribution in [0.3, 0.4) is 0 Å². The fourth-order valence-electron chi connectivity index (χ4n) is 3.40. The average Bonchev–Trinajstić information content (AvgIpc) is 2.12. The van der Waals surface area contributed by atoms with E-state index in [4.69, 9.17) is 0 Å². The first-order valence-corrected chi connectivity index (χ1v) is 7.64. The molecule has 0 aromatic heterocycles. The van der Waals surface area contributed by atoms with Crippen LogP contribution in [0.4, 0.5) is 0 Å². The zero-order valence-electron chi connectivity index (χ0n) is 15.3. The molecule has 0 aromatic carbocycles. The van der Waals surface area contributed by atoms with E-state index in [1.54, 1.807) is 0 Å². The Bertz CT molecular complexity index is 301. The standard InChI is InChI=1S/C18H38N2/c1-11-13-19(7,8)15-17(3,4)18(5,6)16-20(9,10)14-12-2/h11-12H,1-2,13-16H2,3-10H3/q+2. The fourth-order valence-corrected chi connectivity index (χ4v) is 3.40. The first-order valence-electron chi connectivity index (χ1n) is 7.64. The molecule has 0 aliphatic heterocycles. The maximum Gasteiger partial charge on any atom is 0.0967 e. The lowest BCUT2D eigenvalue weighted by atomic mass is 9.66. The lowest BCUT2D eigenvalue weighted by molar-refractivity contribution is -0.902. The summed E-state index contributed by atoms with van der Waals surface area (Å²) in [5, 5.41) is 0. The molecular weight excluding hydrogens is 244 g/mol. The summed E-state index contributed by atoms with van der Waals surface area (Å²) in [4.78, 5) is 0. The summed E-state index contributed by atoms with van der Waals surface area (Å²) in [5.74, 6) is 0. The number of likely N-dealkylation sites (N-methyl/N-ethyl adjacent to an activating group) is 2. The Morgan fingerprint density at radius 3 is 1.15 bits per heavy atom. The van der Waals surface area contributed by atoms with Gasteiger partial charge >= 0.3 is 0 Å². The Balaban J connectivity index is 5.06. The van der Waals surface area contributed by atoms with Crippen molar-refractivity contribution >= 4 is 0 Å². The zero-order valence-corrected chi connectivity index (χ0v) is 15.3. The predicted molar refractivity (Wildman–Crippen MR) is 91.6 cm³/mol. The van der Waals surface area contributed by atoms with Crippen LogP contribution in [-0.2, 0) is 0 Å². The van der Waals surface area contributed by atoms with Crippen LogP contribution in [0, 0.1) is 10.8 Å². The van der Waals surface area contributed by atoms with Gasteiger partial charge in [-0.05, 0) is 12.2 Å². The number of rotatable bonds is 9. The summed E-state index contributed by atoms with van der Waals surface area (Å²) in [6, 6.07) is 0. The molecule has 0 N–H and O–H groups in total. The Morgan fingerprint density at radius 1 is 0.700 bits per heavy atom. The maximum absolute atomic E-state index is 3.89. The second-order valence-corrected chi connectivity index (χ2v) is 8.90. The number of quaternary nitrogens is 2. The van der Waals surface area contributed by atoms with Crippen molar-refractivity contribution in [1.82, 2.24) is 0 Å². The largest absolute Gasteiger partial charge is 0.325 e. The molecule has 0 unspecified atom stereocenters. The van der Waals surface area contributed by atoms with Gasteiger partial charge in [-0.25, -0.2) is 0 Å². The van der Waals surface area contributed by atoms with E-state index in [9.17, 15) is 0 Å². The highest BCUT2D eigenvalue weighted by molar-refractivity contribution is 4.87. The minimum atomic E-state index is 0.260. The van der Waals surface area contributed by atoms with Gasteiger partial charge in [0, 0.05) is 10.8 Å². The number of hydrogen-bond donors (Lipinski definition) is 0. The molecule has 0 saturated carbocycles. The molecule has 20 heavy (non-hydrogen) atoms. The van der Waals surface area contributed by atoms with Gasteiger partial charge in [0.05, 0.1) is 54.4 Å². The summed E-state index contributed by atoms with van der Waals surface area (Å²) in [7, 11) is 9.18. The molecule has 118 valence electrons. The summed E-state index contributed by atoms with van der Waals surface area (Å²) in [6.45, 7) is 21.8. The van der Waals surface area contributed by atoms with E-state index in [0.29, 0.717) is 0 Å². The zero-order chi connectivity index (χ0) is 16.2. The molecule has 0 aliphatic rings. The molecule has 0 bridgehead atoms. The van der Waals surface area contributed by atoms with Crippen molar-refractivity contribution in [2.75, 3.05) is 54.4 Å². The molecule has 0 aliphatic carbocycles. The van der Waals surface area contributed by atoms with E-state index in [-0.39, 0.29) is 10.8 Å². The van der Waals surface area contributed by atoms with Gasteiger partial charge in [-0.2, -0.15) is 0 Å². The van der Waals surface area contributed by atoms with Crippen LogP contribution in [0.1, 0.15) is 27.7 Å². The smallest absolute Gasteiger partial charge is 0.0967 e. The first kappa shape index (κ1) is 19.4. The molecule has 0 spiro atoms. The van der Waals surface area contributed by atoms with E-state index in [1.807, 2.05) is 12.2 Å². The van der Waals surface area contributed by atoms with Gasteiger partial charge in [0.2, 0.25) is 0 Å². The highest BCUT2D eigenvalue weighted by Gasteiger charge is 2.45. The van der Waals surface area contributed by atoms with E-state index >= 15 is 0 Å². The Labute approximate surface area is 128 Å². The summed E-state index contributed by atoms with van der Waals surface area (Å²) >= 11 is 0. The monoisotopic (exact) mass is 282 g/mol. The van der Waals surface area contributed by atoms with Gasteiger partial charge < -0.3 is 8.97 Å². The van der Waals surface area contributed by atoms with E-state index in [1.165, 1.54) is 0 Å². The second-order valence-electron chi connectivity index (χ2n) is 8.90. The number of nitrogens with zero attached hydrogens (tertiary/aromatic N) is 2. The van der Waals surface area contributed by atoms with Gasteiger partial charge in [0.25, 0.3) is 0 Å². The maximum atomic E-state index is 3.89. The SMILES string of the molecule is C=CC[N+](C)(C)CC(C)(C)C(C)(C)C[N+](C)(C)CC=C. The molecule has 2 heteroatoms. The Kier molecular flexibility index (Phi) is 6.25. The highest BCUT2D eigenvalue weighted by Crippen LogP contribution is 2.41. The van der Waals surface area contributed by atoms with Crippen LogP contribution in [-0.4, -0.2) is 63.3 Å². The third-order valence-electron chi connectivity index (χ3n) is 4.73. The third kappa shape index (κ3) is 5.80. The van der Waals surface area contributed by atoms with Crippen molar-refractivity contribution in [3.63, 3.8) is 0 Å². The van der Waals surface area contributed by atoms with Gasteiger partial charge in [-0.3, -0.25) is 0 Å². The summed E-state index contributed by atoms with van der Waals surface area (Å²) in [6.07, 6.45) is 4.06. The molecule has 0 fully saturated rings. The van der Waals surface area contributed by atoms with Crippen LogP contribution in [0.15, 0.2) is 25.3 Å². The van der Waals surface area contributed by atoms with Crippen molar-refractivity contribution in [3.8, 4) is 0 Å². The molecule has 0 rings (SSSR count). The lowest BCUT2D eigenvalue weighted by Gasteiger charge is -2.48. The molecular formula is C18H38N2+2. The minimum absolute atomic E-state index is 0.260. The van der Waals surface area contributed by atoms with Crippen LogP contribution >= 0.6 is 0 Å². The number of hydrogen-bond acceptors (Lipinski definition) is 0. The Morgan fingerprint density at radius 2 is 0.950 bits per heavy atom. The van der Waals surface area contributed by atoms with Crippen molar-refractivity contribution in [2.24, 2.45) is 10.8 Å². The van der Waals surface area contributed by atoms with E-state index in [0.717, 1.165) is 35.1 Å². The molecule has 0 saturated heterocycles. The van der Waals surface area contributed by atoms with Crippen molar-refractivity contribution < 1.29 is 8.97 Å². The normalized spacial score (nSPS) is 14.2. The molecule has 0 aromatic rings. The van der Waals surface area contributed by atoms with E-state index in [2.05, 4.69) is 69.0 Å². The Hall–Kier alpha value is -0.600. The second kappa shape index (κ2) is 6.44. The van der Waals surface area contributed by atoms with Crippen molar-refractivity contribution in [1.29, 1.82) is 0 Å². The third-order valence-corrected chi connectivity index (χ3v) is 4.73. The fraction of sp³-hybridized carbons (Fsp3) is 0.778. The van der Waals surface area contributed by atoms with E-state index < -0.39 is 0 Å². The van der Waals surface area contributed by atoms with Gasteiger partial charge in [-0.1, -0.05) is 40.9 Å². The molecule has 0 heterocycles. The van der Waals surface area contributed by atoms with Crippen LogP contribution in [0.5, 0.6) is 0 Å². The minimum Gasteiger partial charge on any atom is -0.325 e. The van der Waals surface area contributed by atoms with Crippen LogP contribution < -0.4 is 0 Å². The van der Waals surface area contributed by atoms with Crippen LogP contribution in [0.25, 0.3) is 0 Å². The quantitative estimate of drug-likeness (QED) is 0.448. The lowest BCUT2D eigenvalue weighted by Crippen LogP contribution is -2.56. The van der Waals surface area contributed by atoms with Gasteiger partial charge in [0.1, 0.15) is 0 Å². The highest BCUT2D eigenvalue weighted by atomic mass is 15.3. The molecule has 0 atom stereocenters. The van der Waals surface area contributed by atoms with Gasteiger partial charge in [0.15, 0.2) is 0 Å². The average molecular weight is 283 g/mol. The first-order chi connectivity index (χ1) is 8.79. The predicted octanol–water partition coefficient (Wildman–Crippen LogP) is 3.56. The summed E-state index contributed by atoms with van der Waals surface area (Å²) < 4.78 is 1.99. The van der Waals surface area contributed by atoms with Crippen molar-refractivity contribution in [2.45, 2.75) is 27.7 Å². The van der Waals surface area contributed by atoms with Gasteiger partial charge in [-0.15, -0.1) is 0 Å². The van der Waals surface area contributed by atoms with Crippen LogP contribution in [0.2, 0.25) is 0 Å². The molecule has 0 radical (unpaired) electrons. The summed E-state index contributed by atoms with van der Waals surface area (Å²) in [5.41, 5.74) is 0.520.